The lowest BCUT2D eigenvalue weighted by atomic mass is 10.1. The van der Waals surface area contributed by atoms with Gasteiger partial charge in [0.2, 0.25) is 11.8 Å². The molecule has 1 heterocycles. The van der Waals surface area contributed by atoms with Crippen molar-refractivity contribution >= 4 is 23.5 Å². The minimum atomic E-state index is -4.51. The summed E-state index contributed by atoms with van der Waals surface area (Å²) in [6.45, 7) is -2.17. The summed E-state index contributed by atoms with van der Waals surface area (Å²) in [6, 6.07) is 5.79. The quantitative estimate of drug-likeness (QED) is 0.802. The molecule has 1 aliphatic rings. The predicted octanol–water partition coefficient (Wildman–Crippen LogP) is 1.50. The maximum absolute atomic E-state index is 12.4. The molecule has 7 nitrogen and oxygen atoms in total. The van der Waals surface area contributed by atoms with Crippen molar-refractivity contribution in [1.82, 2.24) is 4.90 Å². The van der Waals surface area contributed by atoms with E-state index >= 15 is 0 Å². The van der Waals surface area contributed by atoms with Crippen LogP contribution in [0.2, 0.25) is 0 Å². The number of nitrogens with one attached hydrogen (secondary N) is 1. The van der Waals surface area contributed by atoms with Gasteiger partial charge in [-0.1, -0.05) is 0 Å². The number of nitrogens with zero attached hydrogens (tertiary/aromatic N) is 1. The summed E-state index contributed by atoms with van der Waals surface area (Å²) in [7, 11) is 0. The summed E-state index contributed by atoms with van der Waals surface area (Å²) in [5, 5.41) is 11.0. The van der Waals surface area contributed by atoms with E-state index < -0.39 is 43.0 Å². The van der Waals surface area contributed by atoms with Crippen molar-refractivity contribution in [2.45, 2.75) is 12.6 Å². The Kier molecular flexibility index (Phi) is 5.50. The number of anilines is 1. The Bertz CT molecular complexity index is 660. The van der Waals surface area contributed by atoms with Crippen LogP contribution in [0, 0.1) is 5.92 Å². The third-order valence-corrected chi connectivity index (χ3v) is 3.44. The molecule has 1 aromatic rings. The number of hydrogen-bond acceptors (Lipinski definition) is 4. The third-order valence-electron chi connectivity index (χ3n) is 3.44. The lowest BCUT2D eigenvalue weighted by Gasteiger charge is -2.18. The number of amides is 2. The highest BCUT2D eigenvalue weighted by Gasteiger charge is 2.40. The monoisotopic (exact) mass is 360 g/mol. The molecule has 0 spiro atoms. The highest BCUT2D eigenvalue weighted by Crippen LogP contribution is 2.25. The van der Waals surface area contributed by atoms with Gasteiger partial charge < -0.3 is 20.1 Å². The van der Waals surface area contributed by atoms with Crippen LogP contribution in [0.5, 0.6) is 5.75 Å². The van der Waals surface area contributed by atoms with Crippen LogP contribution in [0.3, 0.4) is 0 Å². The van der Waals surface area contributed by atoms with Gasteiger partial charge in [0, 0.05) is 18.7 Å². The summed E-state index contributed by atoms with van der Waals surface area (Å²) >= 11 is 0. The van der Waals surface area contributed by atoms with E-state index in [9.17, 15) is 27.6 Å². The number of benzene rings is 1. The molecule has 2 N–H and O–H groups in total. The standard InChI is InChI=1S/C15H15F3N2O5/c16-15(17,18)8-20-6-9(5-12(20)21)14(24)19-10-1-3-11(4-2-10)25-7-13(22)23/h1-4,9H,5-8H2,(H,19,24)(H,22,23). The molecule has 1 unspecified atom stereocenters. The number of carbonyl (C=O) groups is 3. The van der Waals surface area contributed by atoms with Crippen molar-refractivity contribution in [1.29, 1.82) is 0 Å². The molecule has 0 saturated carbocycles. The fourth-order valence-electron chi connectivity index (χ4n) is 2.34. The molecule has 1 aromatic carbocycles. The fourth-order valence-corrected chi connectivity index (χ4v) is 2.34. The molecule has 2 rings (SSSR count). The van der Waals surface area contributed by atoms with Gasteiger partial charge in [0.05, 0.1) is 5.92 Å². The third kappa shape index (κ3) is 5.66. The largest absolute Gasteiger partial charge is 0.482 e. The molecule has 2 amide bonds. The second kappa shape index (κ2) is 7.41. The van der Waals surface area contributed by atoms with Crippen LogP contribution in [0.25, 0.3) is 0 Å². The van der Waals surface area contributed by atoms with Gasteiger partial charge >= 0.3 is 12.1 Å². The number of carboxylic acids is 1. The van der Waals surface area contributed by atoms with Gasteiger partial charge in [-0.15, -0.1) is 0 Å². The number of hydrogen-bond donors (Lipinski definition) is 2. The van der Waals surface area contributed by atoms with Gasteiger partial charge in [-0.25, -0.2) is 4.79 Å². The van der Waals surface area contributed by atoms with Crippen molar-refractivity contribution in [2.75, 3.05) is 25.0 Å². The number of rotatable bonds is 6. The number of ether oxygens (including phenoxy) is 1. The number of carbonyl (C=O) groups excluding carboxylic acids is 2. The molecule has 0 radical (unpaired) electrons. The van der Waals surface area contributed by atoms with Crippen LogP contribution in [-0.2, 0) is 14.4 Å². The van der Waals surface area contributed by atoms with E-state index in [2.05, 4.69) is 5.32 Å². The molecule has 1 atom stereocenters. The van der Waals surface area contributed by atoms with Crippen LogP contribution in [-0.4, -0.2) is 53.7 Å². The molecule has 1 aliphatic heterocycles. The molecule has 1 saturated heterocycles. The lowest BCUT2D eigenvalue weighted by molar-refractivity contribution is -0.157. The average Bonchev–Trinajstić information content (AvgIpc) is 2.86. The first-order chi connectivity index (χ1) is 11.6. The number of alkyl halides is 3. The van der Waals surface area contributed by atoms with Crippen LogP contribution in [0.4, 0.5) is 18.9 Å². The number of carboxylic acid groups (broad SMARTS) is 1. The zero-order valence-corrected chi connectivity index (χ0v) is 12.9. The summed E-state index contributed by atoms with van der Waals surface area (Å²) in [6.07, 6.45) is -4.78. The molecule has 1 fully saturated rings. The lowest BCUT2D eigenvalue weighted by Crippen LogP contribution is -2.36. The SMILES string of the molecule is O=C(O)COc1ccc(NC(=O)C2CC(=O)N(CC(F)(F)F)C2)cc1. The maximum atomic E-state index is 12.4. The van der Waals surface area contributed by atoms with Crippen molar-refractivity contribution < 1.29 is 37.4 Å². The minimum absolute atomic E-state index is 0.276. The highest BCUT2D eigenvalue weighted by molar-refractivity contribution is 5.97. The normalized spacial score (nSPS) is 17.5. The Balaban J connectivity index is 1.89. The molecule has 0 bridgehead atoms. The molecule has 10 heteroatoms. The predicted molar refractivity (Wildman–Crippen MR) is 78.9 cm³/mol. The maximum Gasteiger partial charge on any atom is 0.406 e. The molecular formula is C15H15F3N2O5. The Morgan fingerprint density at radius 2 is 1.92 bits per heavy atom. The van der Waals surface area contributed by atoms with Gasteiger partial charge in [-0.2, -0.15) is 13.2 Å². The van der Waals surface area contributed by atoms with E-state index in [-0.39, 0.29) is 18.7 Å². The fraction of sp³-hybridized carbons (Fsp3) is 0.400. The summed E-state index contributed by atoms with van der Waals surface area (Å²) < 4.78 is 42.0. The summed E-state index contributed by atoms with van der Waals surface area (Å²) in [4.78, 5) is 34.7. The van der Waals surface area contributed by atoms with Gasteiger partial charge in [0.25, 0.3) is 0 Å². The average molecular weight is 360 g/mol. The minimum Gasteiger partial charge on any atom is -0.482 e. The first kappa shape index (κ1) is 18.6. The molecular weight excluding hydrogens is 345 g/mol. The van der Waals surface area contributed by atoms with Crippen molar-refractivity contribution in [2.24, 2.45) is 5.92 Å². The number of aliphatic carboxylic acids is 1. The first-order valence-corrected chi connectivity index (χ1v) is 7.24. The van der Waals surface area contributed by atoms with E-state index in [1.807, 2.05) is 0 Å². The second-order valence-corrected chi connectivity index (χ2v) is 5.49. The molecule has 25 heavy (non-hydrogen) atoms. The van der Waals surface area contributed by atoms with E-state index in [0.29, 0.717) is 10.6 Å². The van der Waals surface area contributed by atoms with Gasteiger partial charge in [-0.05, 0) is 24.3 Å². The summed E-state index contributed by atoms with van der Waals surface area (Å²) in [5.41, 5.74) is 0.356. The van der Waals surface area contributed by atoms with Gasteiger partial charge in [0.15, 0.2) is 6.61 Å². The Labute approximate surface area is 140 Å². The van der Waals surface area contributed by atoms with Gasteiger partial charge in [-0.3, -0.25) is 9.59 Å². The van der Waals surface area contributed by atoms with E-state index in [4.69, 9.17) is 9.84 Å². The van der Waals surface area contributed by atoms with Crippen LogP contribution >= 0.6 is 0 Å². The Morgan fingerprint density at radius 1 is 1.28 bits per heavy atom. The smallest absolute Gasteiger partial charge is 0.406 e. The molecule has 136 valence electrons. The molecule has 0 aliphatic carbocycles. The van der Waals surface area contributed by atoms with Crippen LogP contribution < -0.4 is 10.1 Å². The van der Waals surface area contributed by atoms with Gasteiger partial charge in [0.1, 0.15) is 12.3 Å². The van der Waals surface area contributed by atoms with Crippen molar-refractivity contribution in [3.8, 4) is 5.75 Å². The summed E-state index contributed by atoms with van der Waals surface area (Å²) in [5.74, 6) is -2.98. The van der Waals surface area contributed by atoms with Crippen molar-refractivity contribution in [3.05, 3.63) is 24.3 Å². The molecule has 0 aromatic heterocycles. The van der Waals surface area contributed by atoms with Crippen LogP contribution in [0.15, 0.2) is 24.3 Å². The topological polar surface area (TPSA) is 95.9 Å². The van der Waals surface area contributed by atoms with Crippen LogP contribution in [0.1, 0.15) is 6.42 Å². The van der Waals surface area contributed by atoms with E-state index in [0.717, 1.165) is 0 Å². The number of halogens is 3. The van der Waals surface area contributed by atoms with E-state index in [1.165, 1.54) is 24.3 Å². The first-order valence-electron chi connectivity index (χ1n) is 7.24. The highest BCUT2D eigenvalue weighted by atomic mass is 19.4. The zero-order chi connectivity index (χ0) is 18.6. The Hall–Kier alpha value is -2.78. The second-order valence-electron chi connectivity index (χ2n) is 5.49. The zero-order valence-electron chi connectivity index (χ0n) is 12.9. The van der Waals surface area contributed by atoms with Crippen molar-refractivity contribution in [3.63, 3.8) is 0 Å². The Morgan fingerprint density at radius 3 is 2.48 bits per heavy atom. The van der Waals surface area contributed by atoms with E-state index in [1.54, 1.807) is 0 Å². The number of likely N-dealkylation sites (tertiary alicyclic amines) is 1.